The highest BCUT2D eigenvalue weighted by Gasteiger charge is 2.15. The first-order valence-electron chi connectivity index (χ1n) is 7.53. The van der Waals surface area contributed by atoms with Gasteiger partial charge in [0.25, 0.3) is 0 Å². The second kappa shape index (κ2) is 5.46. The zero-order valence-electron chi connectivity index (χ0n) is 12.7. The molecule has 0 saturated carbocycles. The van der Waals surface area contributed by atoms with Gasteiger partial charge in [0.1, 0.15) is 23.6 Å². The van der Waals surface area contributed by atoms with Gasteiger partial charge in [-0.2, -0.15) is 5.10 Å². The molecule has 0 saturated heterocycles. The number of hydrogen-bond acceptors (Lipinski definition) is 5. The van der Waals surface area contributed by atoms with Crippen molar-refractivity contribution in [3.05, 3.63) is 47.5 Å². The van der Waals surface area contributed by atoms with Gasteiger partial charge in [-0.3, -0.25) is 4.68 Å². The fourth-order valence-corrected chi connectivity index (χ4v) is 2.85. The molecular weight excluding hydrogens is 296 g/mol. The van der Waals surface area contributed by atoms with Crippen LogP contribution in [0.3, 0.4) is 0 Å². The summed E-state index contributed by atoms with van der Waals surface area (Å²) in [5.41, 5.74) is 2.79. The van der Waals surface area contributed by atoms with Gasteiger partial charge in [-0.05, 0) is 37.1 Å². The van der Waals surface area contributed by atoms with E-state index < -0.39 is 5.97 Å². The zero-order valence-corrected chi connectivity index (χ0v) is 12.7. The summed E-state index contributed by atoms with van der Waals surface area (Å²) in [6, 6.07) is 9.22. The van der Waals surface area contributed by atoms with Crippen molar-refractivity contribution in [2.45, 2.75) is 26.0 Å². The minimum Gasteiger partial charge on any atom is -0.487 e. The van der Waals surface area contributed by atoms with Crippen LogP contribution in [-0.2, 0) is 24.3 Å². The van der Waals surface area contributed by atoms with Crippen LogP contribution in [-0.4, -0.2) is 22.9 Å². The third-order valence-electron chi connectivity index (χ3n) is 3.98. The number of aromatic nitrogens is 2. The largest absolute Gasteiger partial charge is 0.487 e. The number of ether oxygens (including phenoxy) is 2. The Balaban J connectivity index is 1.50. The van der Waals surface area contributed by atoms with E-state index in [0.717, 1.165) is 24.0 Å². The first kappa shape index (κ1) is 13.9. The molecule has 1 aromatic carbocycles. The van der Waals surface area contributed by atoms with Gasteiger partial charge in [0, 0.05) is 23.7 Å². The number of esters is 1. The molecule has 3 heterocycles. The summed E-state index contributed by atoms with van der Waals surface area (Å²) in [4.78, 5) is 11.5. The summed E-state index contributed by atoms with van der Waals surface area (Å²) < 4.78 is 18.0. The normalized spacial score (nSPS) is 13.3. The highest BCUT2D eigenvalue weighted by molar-refractivity contribution is 5.92. The molecule has 0 unspecified atom stereocenters. The number of benzene rings is 1. The van der Waals surface area contributed by atoms with Gasteiger partial charge in [-0.25, -0.2) is 4.79 Å². The third-order valence-corrected chi connectivity index (χ3v) is 3.98. The van der Waals surface area contributed by atoms with Crippen molar-refractivity contribution in [1.82, 2.24) is 9.78 Å². The van der Waals surface area contributed by atoms with E-state index in [1.807, 2.05) is 16.8 Å². The number of carbonyl (C=O) groups is 1. The fourth-order valence-electron chi connectivity index (χ4n) is 2.85. The van der Waals surface area contributed by atoms with Gasteiger partial charge in [0.2, 0.25) is 5.76 Å². The Morgan fingerprint density at radius 3 is 3.09 bits per heavy atom. The van der Waals surface area contributed by atoms with Crippen LogP contribution in [0.1, 0.15) is 28.4 Å². The first-order chi connectivity index (χ1) is 11.2. The average molecular weight is 312 g/mol. The highest BCUT2D eigenvalue weighted by atomic mass is 16.5. The Labute approximate surface area is 132 Å². The molecule has 4 rings (SSSR count). The monoisotopic (exact) mass is 312 g/mol. The van der Waals surface area contributed by atoms with E-state index in [2.05, 4.69) is 15.9 Å². The van der Waals surface area contributed by atoms with E-state index in [9.17, 15) is 4.79 Å². The predicted octanol–water partition coefficient (Wildman–Crippen LogP) is 2.94. The molecular formula is C17H16N2O4. The number of rotatable bonds is 4. The number of fused-ring (bicyclic) bond motifs is 2. The van der Waals surface area contributed by atoms with Crippen molar-refractivity contribution in [2.24, 2.45) is 0 Å². The molecule has 2 aromatic heterocycles. The quantitative estimate of drug-likeness (QED) is 0.693. The maximum Gasteiger partial charge on any atom is 0.373 e. The molecule has 0 bridgehead atoms. The molecule has 118 valence electrons. The zero-order chi connectivity index (χ0) is 15.8. The number of aryl methyl sites for hydroxylation is 2. The van der Waals surface area contributed by atoms with Crippen LogP contribution in [0.15, 0.2) is 34.7 Å². The second-order valence-electron chi connectivity index (χ2n) is 5.54. The Morgan fingerprint density at radius 2 is 2.26 bits per heavy atom. The van der Waals surface area contributed by atoms with E-state index >= 15 is 0 Å². The number of methoxy groups -OCH3 is 1. The van der Waals surface area contributed by atoms with Crippen molar-refractivity contribution in [3.8, 4) is 5.75 Å². The van der Waals surface area contributed by atoms with Crippen LogP contribution in [0.5, 0.6) is 5.75 Å². The molecule has 1 aliphatic rings. The van der Waals surface area contributed by atoms with Crippen LogP contribution in [0.4, 0.5) is 0 Å². The second-order valence-corrected chi connectivity index (χ2v) is 5.54. The van der Waals surface area contributed by atoms with E-state index in [-0.39, 0.29) is 5.76 Å². The van der Waals surface area contributed by atoms with E-state index in [1.54, 1.807) is 12.1 Å². The summed E-state index contributed by atoms with van der Waals surface area (Å²) in [6.07, 6.45) is 2.25. The molecule has 6 nitrogen and oxygen atoms in total. The molecule has 0 aliphatic carbocycles. The SMILES string of the molecule is COC(=O)c1cc2ccc(OCc3cc4n(n3)CCC4)cc2o1. The van der Waals surface area contributed by atoms with Crippen molar-refractivity contribution < 1.29 is 18.7 Å². The molecule has 3 aromatic rings. The van der Waals surface area contributed by atoms with Gasteiger partial charge in [0.15, 0.2) is 0 Å². The van der Waals surface area contributed by atoms with Crippen molar-refractivity contribution in [2.75, 3.05) is 7.11 Å². The fraction of sp³-hybridized carbons (Fsp3) is 0.294. The van der Waals surface area contributed by atoms with Crippen LogP contribution < -0.4 is 4.74 Å². The third kappa shape index (κ3) is 2.56. The minimum atomic E-state index is -0.490. The first-order valence-corrected chi connectivity index (χ1v) is 7.53. The lowest BCUT2D eigenvalue weighted by Gasteiger charge is -2.03. The van der Waals surface area contributed by atoms with Gasteiger partial charge in [0.05, 0.1) is 7.11 Å². The van der Waals surface area contributed by atoms with E-state index in [1.165, 1.54) is 19.2 Å². The molecule has 0 fully saturated rings. The lowest BCUT2D eigenvalue weighted by Crippen LogP contribution is -1.99. The van der Waals surface area contributed by atoms with Crippen molar-refractivity contribution >= 4 is 16.9 Å². The van der Waals surface area contributed by atoms with Crippen LogP contribution in [0, 0.1) is 0 Å². The Bertz CT molecular complexity index is 856. The number of furan rings is 1. The molecule has 0 N–H and O–H groups in total. The van der Waals surface area contributed by atoms with Gasteiger partial charge < -0.3 is 13.9 Å². The molecule has 0 radical (unpaired) electrons. The predicted molar refractivity (Wildman–Crippen MR) is 82.4 cm³/mol. The Hall–Kier alpha value is -2.76. The van der Waals surface area contributed by atoms with Gasteiger partial charge in [-0.15, -0.1) is 0 Å². The molecule has 0 amide bonds. The summed E-state index contributed by atoms with van der Waals surface area (Å²) in [5, 5.41) is 5.35. The molecule has 6 heteroatoms. The van der Waals surface area contributed by atoms with E-state index in [0.29, 0.717) is 17.9 Å². The number of nitrogens with zero attached hydrogens (tertiary/aromatic N) is 2. The molecule has 0 spiro atoms. The lowest BCUT2D eigenvalue weighted by atomic mass is 10.2. The smallest absolute Gasteiger partial charge is 0.373 e. The minimum absolute atomic E-state index is 0.185. The van der Waals surface area contributed by atoms with Crippen molar-refractivity contribution in [3.63, 3.8) is 0 Å². The maximum atomic E-state index is 11.5. The molecule has 1 aliphatic heterocycles. The lowest BCUT2D eigenvalue weighted by molar-refractivity contribution is 0.0567. The molecule has 0 atom stereocenters. The highest BCUT2D eigenvalue weighted by Crippen LogP contribution is 2.25. The summed E-state index contributed by atoms with van der Waals surface area (Å²) in [7, 11) is 1.33. The number of carbonyl (C=O) groups excluding carboxylic acids is 1. The van der Waals surface area contributed by atoms with Crippen molar-refractivity contribution in [1.29, 1.82) is 0 Å². The topological polar surface area (TPSA) is 66.5 Å². The average Bonchev–Trinajstić information content (AvgIpc) is 3.25. The van der Waals surface area contributed by atoms with Crippen LogP contribution >= 0.6 is 0 Å². The van der Waals surface area contributed by atoms with Gasteiger partial charge >= 0.3 is 5.97 Å². The standard InChI is InChI=1S/C17H16N2O4/c1-21-17(20)16-7-11-4-5-14(9-15(11)23-16)22-10-12-8-13-3-2-6-19(13)18-12/h4-5,7-9H,2-3,6,10H2,1H3. The molecule has 23 heavy (non-hydrogen) atoms. The summed E-state index contributed by atoms with van der Waals surface area (Å²) in [6.45, 7) is 1.40. The maximum absolute atomic E-state index is 11.5. The number of hydrogen-bond donors (Lipinski definition) is 0. The van der Waals surface area contributed by atoms with Gasteiger partial charge in [-0.1, -0.05) is 0 Å². The van der Waals surface area contributed by atoms with E-state index in [4.69, 9.17) is 9.15 Å². The van der Waals surface area contributed by atoms with Crippen LogP contribution in [0.2, 0.25) is 0 Å². The summed E-state index contributed by atoms with van der Waals surface area (Å²) >= 11 is 0. The Kier molecular flexibility index (Phi) is 3.29. The van der Waals surface area contributed by atoms with Crippen LogP contribution in [0.25, 0.3) is 11.0 Å². The Morgan fingerprint density at radius 1 is 1.35 bits per heavy atom. The summed E-state index contributed by atoms with van der Waals surface area (Å²) in [5.74, 6) is 0.373.